The molecule has 2 aromatic carbocycles. The van der Waals surface area contributed by atoms with E-state index >= 15 is 0 Å². The second-order valence-electron chi connectivity index (χ2n) is 8.20. The van der Waals surface area contributed by atoms with Crippen LogP contribution < -0.4 is 0 Å². The topological polar surface area (TPSA) is 0 Å². The summed E-state index contributed by atoms with van der Waals surface area (Å²) in [5, 5.41) is 0. The van der Waals surface area contributed by atoms with Gasteiger partial charge in [0.05, 0.1) is 0 Å². The van der Waals surface area contributed by atoms with Gasteiger partial charge in [0.25, 0.3) is 0 Å². The molecule has 0 bridgehead atoms. The average Bonchev–Trinajstić information content (AvgIpc) is 3.01. The molecule has 2 aliphatic carbocycles. The molecule has 26 heavy (non-hydrogen) atoms. The summed E-state index contributed by atoms with van der Waals surface area (Å²) in [6.45, 7) is 8.82. The van der Waals surface area contributed by atoms with Gasteiger partial charge in [0.2, 0.25) is 0 Å². The SMILES string of the molecule is C=C(CCCCC1Cc2ccccc2C1=C)C1CCc2ccccc2C1. The van der Waals surface area contributed by atoms with Crippen molar-refractivity contribution in [2.24, 2.45) is 11.8 Å². The van der Waals surface area contributed by atoms with E-state index in [2.05, 4.69) is 61.7 Å². The average molecular weight is 343 g/mol. The van der Waals surface area contributed by atoms with Crippen molar-refractivity contribution in [3.05, 3.63) is 89.5 Å². The smallest absolute Gasteiger partial charge is 0.0121 e. The van der Waals surface area contributed by atoms with Gasteiger partial charge < -0.3 is 0 Å². The van der Waals surface area contributed by atoms with E-state index in [1.54, 1.807) is 11.1 Å². The second-order valence-corrected chi connectivity index (χ2v) is 8.20. The molecule has 2 aromatic rings. The van der Waals surface area contributed by atoms with Crippen molar-refractivity contribution >= 4 is 5.57 Å². The quantitative estimate of drug-likeness (QED) is 0.400. The minimum atomic E-state index is 0.655. The zero-order valence-corrected chi connectivity index (χ0v) is 15.8. The monoisotopic (exact) mass is 342 g/mol. The summed E-state index contributed by atoms with van der Waals surface area (Å²) >= 11 is 0. The fraction of sp³-hybridized carbons (Fsp3) is 0.385. The molecule has 2 atom stereocenters. The van der Waals surface area contributed by atoms with Crippen LogP contribution in [0, 0.1) is 11.8 Å². The zero-order chi connectivity index (χ0) is 17.9. The highest BCUT2D eigenvalue weighted by atomic mass is 14.3. The maximum atomic E-state index is 4.45. The zero-order valence-electron chi connectivity index (χ0n) is 15.8. The first-order chi connectivity index (χ1) is 12.7. The number of hydrogen-bond acceptors (Lipinski definition) is 0. The molecule has 134 valence electrons. The van der Waals surface area contributed by atoms with E-state index in [1.165, 1.54) is 73.6 Å². The van der Waals surface area contributed by atoms with Gasteiger partial charge in [0, 0.05) is 0 Å². The molecule has 0 fully saturated rings. The van der Waals surface area contributed by atoms with Crippen LogP contribution in [0.4, 0.5) is 0 Å². The molecule has 0 amide bonds. The summed E-state index contributed by atoms with van der Waals surface area (Å²) in [5.74, 6) is 1.35. The van der Waals surface area contributed by atoms with Crippen molar-refractivity contribution in [1.82, 2.24) is 0 Å². The number of allylic oxidation sites excluding steroid dienone is 2. The lowest BCUT2D eigenvalue weighted by Gasteiger charge is -2.26. The largest absolute Gasteiger partial charge is 0.0996 e. The number of aryl methyl sites for hydroxylation is 1. The van der Waals surface area contributed by atoms with Gasteiger partial charge in [-0.3, -0.25) is 0 Å². The first kappa shape index (κ1) is 17.3. The third-order valence-electron chi connectivity index (χ3n) is 6.55. The molecule has 0 saturated heterocycles. The van der Waals surface area contributed by atoms with Crippen LogP contribution in [-0.4, -0.2) is 0 Å². The van der Waals surface area contributed by atoms with E-state index in [1.807, 2.05) is 0 Å². The fourth-order valence-corrected chi connectivity index (χ4v) is 4.89. The summed E-state index contributed by atoms with van der Waals surface area (Å²) in [7, 11) is 0. The Labute approximate surface area is 158 Å². The highest BCUT2D eigenvalue weighted by Gasteiger charge is 2.24. The van der Waals surface area contributed by atoms with Crippen molar-refractivity contribution in [3.63, 3.8) is 0 Å². The Morgan fingerprint density at radius 1 is 0.885 bits per heavy atom. The predicted molar refractivity (Wildman–Crippen MR) is 112 cm³/mol. The van der Waals surface area contributed by atoms with E-state index in [0.717, 1.165) is 0 Å². The Kier molecular flexibility index (Phi) is 5.11. The maximum Gasteiger partial charge on any atom is -0.0121 e. The molecule has 0 aliphatic heterocycles. The van der Waals surface area contributed by atoms with Gasteiger partial charge in [-0.15, -0.1) is 0 Å². The van der Waals surface area contributed by atoms with E-state index in [-0.39, 0.29) is 0 Å². The number of benzene rings is 2. The Morgan fingerprint density at radius 3 is 2.42 bits per heavy atom. The maximum absolute atomic E-state index is 4.45. The summed E-state index contributed by atoms with van der Waals surface area (Å²) in [5.41, 5.74) is 8.84. The van der Waals surface area contributed by atoms with Gasteiger partial charge >= 0.3 is 0 Å². The van der Waals surface area contributed by atoms with Crippen LogP contribution >= 0.6 is 0 Å². The van der Waals surface area contributed by atoms with Crippen LogP contribution in [0.3, 0.4) is 0 Å². The molecule has 2 unspecified atom stereocenters. The van der Waals surface area contributed by atoms with Crippen LogP contribution in [0.1, 0.15) is 54.4 Å². The fourth-order valence-electron chi connectivity index (χ4n) is 4.89. The minimum Gasteiger partial charge on any atom is -0.0996 e. The molecular weight excluding hydrogens is 312 g/mol. The number of hydrogen-bond donors (Lipinski definition) is 0. The van der Waals surface area contributed by atoms with E-state index in [0.29, 0.717) is 11.8 Å². The molecular formula is C26H30. The first-order valence-electron chi connectivity index (χ1n) is 10.2. The first-order valence-corrected chi connectivity index (χ1v) is 10.2. The van der Waals surface area contributed by atoms with E-state index in [4.69, 9.17) is 0 Å². The second kappa shape index (κ2) is 7.66. The molecule has 0 saturated carbocycles. The van der Waals surface area contributed by atoms with Crippen LogP contribution in [0.25, 0.3) is 5.57 Å². The number of unbranched alkanes of at least 4 members (excludes halogenated alkanes) is 1. The number of rotatable bonds is 6. The Hall–Kier alpha value is -2.08. The lowest BCUT2D eigenvalue weighted by atomic mass is 9.79. The molecule has 0 radical (unpaired) electrons. The van der Waals surface area contributed by atoms with Crippen LogP contribution in [-0.2, 0) is 19.3 Å². The molecule has 0 heteroatoms. The minimum absolute atomic E-state index is 0.655. The lowest BCUT2D eigenvalue weighted by molar-refractivity contribution is 0.493. The van der Waals surface area contributed by atoms with E-state index < -0.39 is 0 Å². The summed E-state index contributed by atoms with van der Waals surface area (Å²) < 4.78 is 0. The summed E-state index contributed by atoms with van der Waals surface area (Å²) in [6.07, 6.45) is 9.92. The molecule has 0 spiro atoms. The normalized spacial score (nSPS) is 21.3. The highest BCUT2D eigenvalue weighted by molar-refractivity contribution is 5.72. The van der Waals surface area contributed by atoms with Gasteiger partial charge in [0.15, 0.2) is 0 Å². The Morgan fingerprint density at radius 2 is 1.62 bits per heavy atom. The van der Waals surface area contributed by atoms with E-state index in [9.17, 15) is 0 Å². The molecule has 0 nitrogen and oxygen atoms in total. The van der Waals surface area contributed by atoms with Crippen molar-refractivity contribution < 1.29 is 0 Å². The standard InChI is InChI=1S/C26H30/c1-19(22-16-15-21-10-5-6-12-24(21)17-22)9-3-4-11-23-18-25-13-7-8-14-26(25)20(23)2/h5-8,10,12-14,22-23H,1-4,9,11,15-18H2. The van der Waals surface area contributed by atoms with Gasteiger partial charge in [-0.05, 0) is 84.6 Å². The lowest BCUT2D eigenvalue weighted by Crippen LogP contribution is -2.15. The third-order valence-corrected chi connectivity index (χ3v) is 6.55. The molecule has 0 aromatic heterocycles. The van der Waals surface area contributed by atoms with Gasteiger partial charge in [0.1, 0.15) is 0 Å². The molecule has 4 rings (SSSR count). The third kappa shape index (κ3) is 3.56. The number of fused-ring (bicyclic) bond motifs is 2. The van der Waals surface area contributed by atoms with Crippen molar-refractivity contribution in [3.8, 4) is 0 Å². The summed E-state index contributed by atoms with van der Waals surface area (Å²) in [4.78, 5) is 0. The highest BCUT2D eigenvalue weighted by Crippen LogP contribution is 2.39. The predicted octanol–water partition coefficient (Wildman–Crippen LogP) is 6.79. The van der Waals surface area contributed by atoms with Crippen molar-refractivity contribution in [2.75, 3.05) is 0 Å². The van der Waals surface area contributed by atoms with Crippen LogP contribution in [0.15, 0.2) is 67.3 Å². The van der Waals surface area contributed by atoms with Crippen LogP contribution in [0.5, 0.6) is 0 Å². The van der Waals surface area contributed by atoms with Crippen LogP contribution in [0.2, 0.25) is 0 Å². The molecule has 0 heterocycles. The molecule has 2 aliphatic rings. The van der Waals surface area contributed by atoms with Gasteiger partial charge in [-0.2, -0.15) is 0 Å². The Bertz CT molecular complexity index is 810. The van der Waals surface area contributed by atoms with Crippen molar-refractivity contribution in [1.29, 1.82) is 0 Å². The molecule has 0 N–H and O–H groups in total. The Balaban J connectivity index is 1.22. The summed E-state index contributed by atoms with van der Waals surface area (Å²) in [6, 6.07) is 17.7. The van der Waals surface area contributed by atoms with Crippen molar-refractivity contribution in [2.45, 2.75) is 51.4 Å². The van der Waals surface area contributed by atoms with Gasteiger partial charge in [-0.1, -0.05) is 73.7 Å². The van der Waals surface area contributed by atoms with Gasteiger partial charge in [-0.25, -0.2) is 0 Å².